The van der Waals surface area contributed by atoms with Gasteiger partial charge in [-0.1, -0.05) is 54.4 Å². The molecule has 0 fully saturated rings. The summed E-state index contributed by atoms with van der Waals surface area (Å²) in [6.45, 7) is 5.82. The van der Waals surface area contributed by atoms with Crippen molar-refractivity contribution in [2.75, 3.05) is 0 Å². The highest BCUT2D eigenvalue weighted by atomic mass is 35.5. The Bertz CT molecular complexity index is 570. The van der Waals surface area contributed by atoms with Gasteiger partial charge in [-0.15, -0.1) is 0 Å². The van der Waals surface area contributed by atoms with Crippen LogP contribution in [0.5, 0.6) is 0 Å². The molecule has 0 saturated heterocycles. The summed E-state index contributed by atoms with van der Waals surface area (Å²) in [7, 11) is 0. The molecule has 2 aromatic rings. The molecule has 0 aliphatic heterocycles. The van der Waals surface area contributed by atoms with Gasteiger partial charge in [0.25, 0.3) is 0 Å². The molecule has 0 heterocycles. The summed E-state index contributed by atoms with van der Waals surface area (Å²) in [6, 6.07) is 14.2. The summed E-state index contributed by atoms with van der Waals surface area (Å²) >= 11 is 6.21. The minimum atomic E-state index is -0.891. The average Bonchev–Trinajstić information content (AvgIpc) is 2.40. The first kappa shape index (κ1) is 14.1. The highest BCUT2D eigenvalue weighted by molar-refractivity contribution is 6.31. The SMILES string of the molecule is CCC(C)(O)c1cc(-c2ccc(C)cc2)ccc1Cl. The second kappa shape index (κ2) is 5.36. The van der Waals surface area contributed by atoms with E-state index in [4.69, 9.17) is 11.6 Å². The highest BCUT2D eigenvalue weighted by Gasteiger charge is 2.23. The Labute approximate surface area is 119 Å². The second-order valence-corrected chi connectivity index (χ2v) is 5.60. The van der Waals surface area contributed by atoms with Crippen LogP contribution >= 0.6 is 11.6 Å². The van der Waals surface area contributed by atoms with Gasteiger partial charge >= 0.3 is 0 Å². The summed E-state index contributed by atoms with van der Waals surface area (Å²) in [5.74, 6) is 0. The van der Waals surface area contributed by atoms with Crippen LogP contribution in [0.4, 0.5) is 0 Å². The number of aryl methyl sites for hydroxylation is 1. The molecule has 2 rings (SSSR count). The van der Waals surface area contributed by atoms with Crippen LogP contribution in [0.25, 0.3) is 11.1 Å². The maximum atomic E-state index is 10.4. The Hall–Kier alpha value is -1.31. The molecule has 0 saturated carbocycles. The van der Waals surface area contributed by atoms with E-state index in [1.165, 1.54) is 5.56 Å². The van der Waals surface area contributed by atoms with E-state index in [0.717, 1.165) is 16.7 Å². The van der Waals surface area contributed by atoms with Crippen molar-refractivity contribution in [3.8, 4) is 11.1 Å². The molecule has 2 aromatic carbocycles. The van der Waals surface area contributed by atoms with Crippen LogP contribution in [0.15, 0.2) is 42.5 Å². The van der Waals surface area contributed by atoms with Gasteiger partial charge in [0, 0.05) is 10.6 Å². The molecule has 0 spiro atoms. The molecular weight excluding hydrogens is 256 g/mol. The van der Waals surface area contributed by atoms with Crippen molar-refractivity contribution in [1.82, 2.24) is 0 Å². The van der Waals surface area contributed by atoms with E-state index in [1.54, 1.807) is 6.92 Å². The van der Waals surface area contributed by atoms with Gasteiger partial charge in [0.1, 0.15) is 0 Å². The third-order valence-corrected chi connectivity index (χ3v) is 3.95. The van der Waals surface area contributed by atoms with Gasteiger partial charge in [0.05, 0.1) is 5.60 Å². The highest BCUT2D eigenvalue weighted by Crippen LogP contribution is 2.34. The monoisotopic (exact) mass is 274 g/mol. The molecule has 0 radical (unpaired) electrons. The van der Waals surface area contributed by atoms with Gasteiger partial charge in [0.2, 0.25) is 0 Å². The zero-order valence-corrected chi connectivity index (χ0v) is 12.3. The van der Waals surface area contributed by atoms with Crippen molar-refractivity contribution in [3.63, 3.8) is 0 Å². The molecule has 0 aliphatic carbocycles. The number of halogens is 1. The molecule has 1 atom stereocenters. The Morgan fingerprint density at radius 2 is 1.63 bits per heavy atom. The molecule has 0 aromatic heterocycles. The van der Waals surface area contributed by atoms with Crippen LogP contribution in [-0.4, -0.2) is 5.11 Å². The lowest BCUT2D eigenvalue weighted by atomic mass is 9.90. The Kier molecular flexibility index (Phi) is 3.98. The fourth-order valence-corrected chi connectivity index (χ4v) is 2.38. The molecule has 1 N–H and O–H groups in total. The largest absolute Gasteiger partial charge is 0.385 e. The molecule has 1 unspecified atom stereocenters. The normalized spacial score (nSPS) is 14.2. The summed E-state index contributed by atoms with van der Waals surface area (Å²) in [4.78, 5) is 0. The average molecular weight is 275 g/mol. The first-order chi connectivity index (χ1) is 8.94. The summed E-state index contributed by atoms with van der Waals surface area (Å²) in [6.07, 6.45) is 0.629. The summed E-state index contributed by atoms with van der Waals surface area (Å²) in [5, 5.41) is 11.0. The molecular formula is C17H19ClO. The Balaban J connectivity index is 2.50. The van der Waals surface area contributed by atoms with Crippen LogP contribution in [0.3, 0.4) is 0 Å². The van der Waals surface area contributed by atoms with Crippen LogP contribution in [0, 0.1) is 6.92 Å². The van der Waals surface area contributed by atoms with E-state index in [2.05, 4.69) is 31.2 Å². The van der Waals surface area contributed by atoms with Crippen molar-refractivity contribution >= 4 is 11.6 Å². The van der Waals surface area contributed by atoms with Gasteiger partial charge in [-0.25, -0.2) is 0 Å². The van der Waals surface area contributed by atoms with Crippen molar-refractivity contribution in [1.29, 1.82) is 0 Å². The van der Waals surface area contributed by atoms with Gasteiger partial charge < -0.3 is 5.11 Å². The molecule has 100 valence electrons. The van der Waals surface area contributed by atoms with E-state index in [-0.39, 0.29) is 0 Å². The first-order valence-electron chi connectivity index (χ1n) is 6.53. The number of hydrogen-bond donors (Lipinski definition) is 1. The summed E-state index contributed by atoms with van der Waals surface area (Å²) < 4.78 is 0. The minimum absolute atomic E-state index is 0.614. The first-order valence-corrected chi connectivity index (χ1v) is 6.91. The zero-order valence-electron chi connectivity index (χ0n) is 11.6. The maximum Gasteiger partial charge on any atom is 0.0880 e. The predicted molar refractivity (Wildman–Crippen MR) is 81.5 cm³/mol. The topological polar surface area (TPSA) is 20.2 Å². The van der Waals surface area contributed by atoms with Gasteiger partial charge in [0.15, 0.2) is 0 Å². The molecule has 1 nitrogen and oxygen atoms in total. The van der Waals surface area contributed by atoms with Gasteiger partial charge in [-0.3, -0.25) is 0 Å². The Morgan fingerprint density at radius 1 is 1.05 bits per heavy atom. The van der Waals surface area contributed by atoms with Gasteiger partial charge in [-0.05, 0) is 43.5 Å². The van der Waals surface area contributed by atoms with Crippen LogP contribution < -0.4 is 0 Å². The van der Waals surface area contributed by atoms with Crippen molar-refractivity contribution in [2.45, 2.75) is 32.8 Å². The molecule has 0 bridgehead atoms. The fourth-order valence-electron chi connectivity index (χ4n) is 2.05. The van der Waals surface area contributed by atoms with Crippen LogP contribution in [0.2, 0.25) is 5.02 Å². The smallest absolute Gasteiger partial charge is 0.0880 e. The predicted octanol–water partition coefficient (Wildman–Crippen LogP) is 4.93. The van der Waals surface area contributed by atoms with E-state index in [9.17, 15) is 5.11 Å². The van der Waals surface area contributed by atoms with Crippen LogP contribution in [-0.2, 0) is 5.60 Å². The number of hydrogen-bond acceptors (Lipinski definition) is 1. The number of rotatable bonds is 3. The van der Waals surface area contributed by atoms with Gasteiger partial charge in [-0.2, -0.15) is 0 Å². The maximum absolute atomic E-state index is 10.4. The molecule has 0 amide bonds. The quantitative estimate of drug-likeness (QED) is 0.841. The molecule has 2 heteroatoms. The van der Waals surface area contributed by atoms with Crippen molar-refractivity contribution in [3.05, 3.63) is 58.6 Å². The van der Waals surface area contributed by atoms with E-state index in [1.807, 2.05) is 25.1 Å². The van der Waals surface area contributed by atoms with E-state index >= 15 is 0 Å². The van der Waals surface area contributed by atoms with Crippen molar-refractivity contribution < 1.29 is 5.11 Å². The minimum Gasteiger partial charge on any atom is -0.385 e. The standard InChI is InChI=1S/C17H19ClO/c1-4-17(3,19)15-11-14(9-10-16(15)18)13-7-5-12(2)6-8-13/h5-11,19H,4H2,1-3H3. The third-order valence-electron chi connectivity index (χ3n) is 3.62. The van der Waals surface area contributed by atoms with E-state index < -0.39 is 5.60 Å². The Morgan fingerprint density at radius 3 is 2.21 bits per heavy atom. The fraction of sp³-hybridized carbons (Fsp3) is 0.294. The lowest BCUT2D eigenvalue weighted by Gasteiger charge is -2.24. The van der Waals surface area contributed by atoms with E-state index in [0.29, 0.717) is 11.4 Å². The third kappa shape index (κ3) is 2.99. The lowest BCUT2D eigenvalue weighted by Crippen LogP contribution is -2.20. The zero-order chi connectivity index (χ0) is 14.0. The summed E-state index contributed by atoms with van der Waals surface area (Å²) in [5.41, 5.74) is 3.34. The molecule has 0 aliphatic rings. The second-order valence-electron chi connectivity index (χ2n) is 5.19. The molecule has 19 heavy (non-hydrogen) atoms. The van der Waals surface area contributed by atoms with Crippen LogP contribution in [0.1, 0.15) is 31.4 Å². The number of aliphatic hydroxyl groups is 1. The van der Waals surface area contributed by atoms with Crippen molar-refractivity contribution in [2.24, 2.45) is 0 Å². The number of benzene rings is 2. The lowest BCUT2D eigenvalue weighted by molar-refractivity contribution is 0.0532.